The summed E-state index contributed by atoms with van der Waals surface area (Å²) in [5, 5.41) is 7.57. The molecule has 2 fully saturated rings. The summed E-state index contributed by atoms with van der Waals surface area (Å²) in [5.74, 6) is 1.46. The maximum atomic E-state index is 11.9. The lowest BCUT2D eigenvalue weighted by Gasteiger charge is -2.11. The van der Waals surface area contributed by atoms with Crippen molar-refractivity contribution in [3.05, 3.63) is 22.6 Å². The quantitative estimate of drug-likeness (QED) is 0.868. The first-order valence-corrected chi connectivity index (χ1v) is 7.12. The van der Waals surface area contributed by atoms with Crippen LogP contribution in [-0.2, 0) is 6.54 Å². The zero-order chi connectivity index (χ0) is 12.4. The Kier molecular flexibility index (Phi) is 3.35. The number of hydrogen-bond donors (Lipinski definition) is 1. The highest BCUT2D eigenvalue weighted by atomic mass is 16.1. The second kappa shape index (κ2) is 5.12. The minimum absolute atomic E-state index is 0.0303. The molecule has 0 aliphatic heterocycles. The van der Waals surface area contributed by atoms with E-state index in [2.05, 4.69) is 10.4 Å². The lowest BCUT2D eigenvalue weighted by molar-refractivity contribution is 0.415. The Bertz CT molecular complexity index is 458. The van der Waals surface area contributed by atoms with Crippen molar-refractivity contribution >= 4 is 5.69 Å². The first-order valence-electron chi connectivity index (χ1n) is 7.12. The predicted molar refractivity (Wildman–Crippen MR) is 71.7 cm³/mol. The minimum atomic E-state index is 0.0303. The number of hydrogen-bond acceptors (Lipinski definition) is 3. The molecule has 0 saturated heterocycles. The van der Waals surface area contributed by atoms with E-state index in [1.165, 1.54) is 38.5 Å². The molecule has 4 nitrogen and oxygen atoms in total. The van der Waals surface area contributed by atoms with E-state index in [0.29, 0.717) is 5.92 Å². The van der Waals surface area contributed by atoms with Gasteiger partial charge in [-0.05, 0) is 37.5 Å². The van der Waals surface area contributed by atoms with E-state index in [1.54, 1.807) is 16.9 Å². The van der Waals surface area contributed by atoms with Crippen LogP contribution in [0.5, 0.6) is 0 Å². The largest absolute Gasteiger partial charge is 0.383 e. The Hall–Kier alpha value is -1.32. The van der Waals surface area contributed by atoms with Crippen LogP contribution < -0.4 is 10.9 Å². The van der Waals surface area contributed by atoms with Crippen molar-refractivity contribution < 1.29 is 0 Å². The van der Waals surface area contributed by atoms with Crippen LogP contribution in [0.3, 0.4) is 0 Å². The molecule has 0 radical (unpaired) electrons. The van der Waals surface area contributed by atoms with Gasteiger partial charge in [-0.15, -0.1) is 0 Å². The van der Waals surface area contributed by atoms with Crippen molar-refractivity contribution in [3.8, 4) is 0 Å². The normalized spacial score (nSPS) is 20.2. The molecule has 0 atom stereocenters. The molecule has 0 bridgehead atoms. The third-order valence-corrected chi connectivity index (χ3v) is 4.07. The molecule has 0 spiro atoms. The summed E-state index contributed by atoms with van der Waals surface area (Å²) in [7, 11) is 0. The number of nitrogens with one attached hydrogen (secondary N) is 1. The summed E-state index contributed by atoms with van der Waals surface area (Å²) in [6, 6.07) is 1.68. The first kappa shape index (κ1) is 11.8. The van der Waals surface area contributed by atoms with Gasteiger partial charge < -0.3 is 5.32 Å². The molecule has 3 rings (SSSR count). The molecular formula is C14H21N3O. The summed E-state index contributed by atoms with van der Waals surface area (Å²) in [6.07, 6.45) is 9.53. The van der Waals surface area contributed by atoms with Crippen molar-refractivity contribution in [2.45, 2.75) is 45.1 Å². The average molecular weight is 247 g/mol. The minimum Gasteiger partial charge on any atom is -0.383 e. The monoisotopic (exact) mass is 247 g/mol. The van der Waals surface area contributed by atoms with Crippen molar-refractivity contribution in [1.82, 2.24) is 9.78 Å². The molecule has 2 aliphatic carbocycles. The summed E-state index contributed by atoms with van der Waals surface area (Å²) in [4.78, 5) is 11.9. The maximum Gasteiger partial charge on any atom is 0.268 e. The number of nitrogens with zero attached hydrogens (tertiary/aromatic N) is 2. The van der Waals surface area contributed by atoms with Gasteiger partial charge in [0, 0.05) is 19.2 Å². The Balaban J connectivity index is 1.62. The molecule has 1 aromatic rings. The molecule has 0 aromatic carbocycles. The second-order valence-electron chi connectivity index (χ2n) is 5.74. The fraction of sp³-hybridized carbons (Fsp3) is 0.714. The van der Waals surface area contributed by atoms with E-state index in [4.69, 9.17) is 0 Å². The lowest BCUT2D eigenvalue weighted by Crippen LogP contribution is -2.25. The van der Waals surface area contributed by atoms with E-state index in [1.807, 2.05) is 0 Å². The van der Waals surface area contributed by atoms with E-state index in [0.717, 1.165) is 24.7 Å². The second-order valence-corrected chi connectivity index (χ2v) is 5.74. The van der Waals surface area contributed by atoms with Crippen LogP contribution in [0.2, 0.25) is 0 Å². The zero-order valence-corrected chi connectivity index (χ0v) is 10.8. The summed E-state index contributed by atoms with van der Waals surface area (Å²) in [5.41, 5.74) is 0.900. The van der Waals surface area contributed by atoms with Crippen LogP contribution >= 0.6 is 0 Å². The molecule has 4 heteroatoms. The van der Waals surface area contributed by atoms with Gasteiger partial charge in [0.2, 0.25) is 0 Å². The number of aromatic nitrogens is 2. The molecule has 1 heterocycles. The fourth-order valence-electron chi connectivity index (χ4n) is 2.69. The van der Waals surface area contributed by atoms with Crippen molar-refractivity contribution in [2.75, 3.05) is 11.9 Å². The van der Waals surface area contributed by atoms with E-state index in [9.17, 15) is 4.79 Å². The van der Waals surface area contributed by atoms with Crippen molar-refractivity contribution in [3.63, 3.8) is 0 Å². The van der Waals surface area contributed by atoms with Crippen LogP contribution in [0.1, 0.15) is 38.5 Å². The molecule has 2 aliphatic rings. The molecule has 2 saturated carbocycles. The van der Waals surface area contributed by atoms with Gasteiger partial charge >= 0.3 is 0 Å². The number of rotatable bonds is 5. The molecule has 0 amide bonds. The van der Waals surface area contributed by atoms with Crippen molar-refractivity contribution in [2.24, 2.45) is 11.8 Å². The Morgan fingerprint density at radius 2 is 2.00 bits per heavy atom. The van der Waals surface area contributed by atoms with Crippen LogP contribution in [0.25, 0.3) is 0 Å². The van der Waals surface area contributed by atoms with Crippen LogP contribution in [0.4, 0.5) is 5.69 Å². The lowest BCUT2D eigenvalue weighted by atomic mass is 10.1. The highest BCUT2D eigenvalue weighted by Crippen LogP contribution is 2.28. The Morgan fingerprint density at radius 1 is 1.22 bits per heavy atom. The molecular weight excluding hydrogens is 226 g/mol. The van der Waals surface area contributed by atoms with E-state index in [-0.39, 0.29) is 5.56 Å². The molecule has 0 unspecified atom stereocenters. The van der Waals surface area contributed by atoms with Crippen LogP contribution in [0, 0.1) is 11.8 Å². The maximum absolute atomic E-state index is 11.9. The summed E-state index contributed by atoms with van der Waals surface area (Å²) < 4.78 is 1.62. The smallest absolute Gasteiger partial charge is 0.268 e. The fourth-order valence-corrected chi connectivity index (χ4v) is 2.69. The van der Waals surface area contributed by atoms with Gasteiger partial charge in [0.15, 0.2) is 0 Å². The van der Waals surface area contributed by atoms with Gasteiger partial charge in [-0.2, -0.15) is 5.10 Å². The SMILES string of the molecule is O=c1cc(NCC2CC2)cnn1CC1CCCC1. The van der Waals surface area contributed by atoms with Crippen molar-refractivity contribution in [1.29, 1.82) is 0 Å². The average Bonchev–Trinajstić information content (AvgIpc) is 3.06. The van der Waals surface area contributed by atoms with E-state index >= 15 is 0 Å². The Morgan fingerprint density at radius 3 is 2.67 bits per heavy atom. The molecule has 1 N–H and O–H groups in total. The highest BCUT2D eigenvalue weighted by Gasteiger charge is 2.21. The summed E-state index contributed by atoms with van der Waals surface area (Å²) >= 11 is 0. The third-order valence-electron chi connectivity index (χ3n) is 4.07. The zero-order valence-electron chi connectivity index (χ0n) is 10.8. The summed E-state index contributed by atoms with van der Waals surface area (Å²) in [6.45, 7) is 1.77. The van der Waals surface area contributed by atoms with Gasteiger partial charge in [-0.25, -0.2) is 4.68 Å². The van der Waals surface area contributed by atoms with Gasteiger partial charge in [-0.1, -0.05) is 12.8 Å². The highest BCUT2D eigenvalue weighted by molar-refractivity contribution is 5.38. The van der Waals surface area contributed by atoms with Gasteiger partial charge in [0.05, 0.1) is 11.9 Å². The first-order chi connectivity index (χ1) is 8.81. The Labute approximate surface area is 107 Å². The molecule has 98 valence electrons. The van der Waals surface area contributed by atoms with Gasteiger partial charge in [-0.3, -0.25) is 4.79 Å². The predicted octanol–water partition coefficient (Wildman–Crippen LogP) is 2.26. The van der Waals surface area contributed by atoms with Gasteiger partial charge in [0.25, 0.3) is 5.56 Å². The van der Waals surface area contributed by atoms with Crippen LogP contribution in [-0.4, -0.2) is 16.3 Å². The van der Waals surface area contributed by atoms with E-state index < -0.39 is 0 Å². The number of anilines is 1. The molecule has 1 aromatic heterocycles. The van der Waals surface area contributed by atoms with Gasteiger partial charge in [0.1, 0.15) is 0 Å². The molecule has 18 heavy (non-hydrogen) atoms. The standard InChI is InChI=1S/C14H21N3O/c18-14-7-13(15-8-11-5-6-11)9-16-17(14)10-12-3-1-2-4-12/h7,9,11-12,15H,1-6,8,10H2. The topological polar surface area (TPSA) is 46.9 Å². The third kappa shape index (κ3) is 2.92. The van der Waals surface area contributed by atoms with Crippen LogP contribution in [0.15, 0.2) is 17.1 Å².